The quantitative estimate of drug-likeness (QED) is 0.508. The minimum atomic E-state index is 0.778. The van der Waals surface area contributed by atoms with Crippen LogP contribution in [0.1, 0.15) is 26.2 Å². The molecule has 0 bridgehead atoms. The largest absolute Gasteiger partial charge is 0.377 e. The number of ether oxygens (including phenoxy) is 2. The summed E-state index contributed by atoms with van der Waals surface area (Å²) in [6, 6.07) is 0. The molecule has 0 atom stereocenters. The van der Waals surface area contributed by atoms with Crippen LogP contribution in [0.5, 0.6) is 0 Å². The molecule has 0 aromatic heterocycles. The van der Waals surface area contributed by atoms with Crippen LogP contribution in [0.4, 0.5) is 0 Å². The Morgan fingerprint density at radius 1 is 1.00 bits per heavy atom. The molecule has 0 N–H and O–H groups in total. The first-order valence-corrected chi connectivity index (χ1v) is 5.16. The Bertz CT molecular complexity index is 59.4. The van der Waals surface area contributed by atoms with E-state index in [1.807, 2.05) is 0 Å². The highest BCUT2D eigenvalue weighted by atomic mass is 35.5. The van der Waals surface area contributed by atoms with Gasteiger partial charge in [0.15, 0.2) is 0 Å². The lowest BCUT2D eigenvalue weighted by Gasteiger charge is -2.09. The van der Waals surface area contributed by atoms with Crippen molar-refractivity contribution >= 4 is 11.6 Å². The Labute approximate surface area is 80.2 Å². The Hall–Kier alpha value is 0.210. The summed E-state index contributed by atoms with van der Waals surface area (Å²) in [6.45, 7) is 5.28. The van der Waals surface area contributed by atoms with E-state index in [0.717, 1.165) is 32.3 Å². The smallest absolute Gasteiger partial charge is 0.0701 e. The molecular formula is C9H19ClO2. The third-order valence-electron chi connectivity index (χ3n) is 1.48. The third kappa shape index (κ3) is 10.2. The van der Waals surface area contributed by atoms with Crippen molar-refractivity contribution in [3.8, 4) is 0 Å². The summed E-state index contributed by atoms with van der Waals surface area (Å²) < 4.78 is 9.89. The van der Waals surface area contributed by atoms with Crippen molar-refractivity contribution in [1.82, 2.24) is 0 Å². The van der Waals surface area contributed by atoms with E-state index in [0.29, 0.717) is 0 Å². The van der Waals surface area contributed by atoms with Crippen LogP contribution in [0.2, 0.25) is 0 Å². The average Bonchev–Trinajstić information content (AvgIpc) is 2.18. The van der Waals surface area contributed by atoms with E-state index in [4.69, 9.17) is 21.1 Å². The molecule has 74 valence electrons. The second-order valence-corrected chi connectivity index (χ2v) is 3.00. The molecule has 0 aliphatic carbocycles. The molecule has 1 fully saturated rings. The molecule has 0 saturated carbocycles. The van der Waals surface area contributed by atoms with Gasteiger partial charge in [-0.15, -0.1) is 11.6 Å². The first-order valence-electron chi connectivity index (χ1n) is 4.63. The van der Waals surface area contributed by atoms with Crippen LogP contribution in [0.3, 0.4) is 0 Å². The van der Waals surface area contributed by atoms with Gasteiger partial charge in [-0.1, -0.05) is 19.8 Å². The molecule has 1 heterocycles. The summed E-state index contributed by atoms with van der Waals surface area (Å²) in [5, 5.41) is 0. The standard InChI is InChI=1S/C5H11Cl.C4H8O2/c1-2-3-4-5-6;1-2-6-4-3-5-1/h2-5H2,1H3;1-4H2. The molecule has 12 heavy (non-hydrogen) atoms. The number of hydrogen-bond donors (Lipinski definition) is 0. The van der Waals surface area contributed by atoms with Gasteiger partial charge in [-0.2, -0.15) is 0 Å². The van der Waals surface area contributed by atoms with E-state index in [1.54, 1.807) is 0 Å². The molecule has 3 heteroatoms. The average molecular weight is 195 g/mol. The topological polar surface area (TPSA) is 18.5 Å². The Morgan fingerprint density at radius 2 is 1.50 bits per heavy atom. The number of halogens is 1. The Balaban J connectivity index is 0.000000202. The number of rotatable bonds is 3. The second kappa shape index (κ2) is 11.2. The maximum absolute atomic E-state index is 5.38. The van der Waals surface area contributed by atoms with Gasteiger partial charge in [0.25, 0.3) is 0 Å². The normalized spacial score (nSPS) is 16.5. The van der Waals surface area contributed by atoms with Gasteiger partial charge in [0.05, 0.1) is 26.4 Å². The lowest BCUT2D eigenvalue weighted by atomic mass is 10.3. The monoisotopic (exact) mass is 194 g/mol. The number of alkyl halides is 1. The first-order chi connectivity index (χ1) is 5.91. The van der Waals surface area contributed by atoms with Gasteiger partial charge < -0.3 is 9.47 Å². The van der Waals surface area contributed by atoms with E-state index in [2.05, 4.69) is 6.92 Å². The van der Waals surface area contributed by atoms with E-state index in [9.17, 15) is 0 Å². The van der Waals surface area contributed by atoms with Crippen LogP contribution in [-0.2, 0) is 9.47 Å². The fraction of sp³-hybridized carbons (Fsp3) is 1.00. The zero-order chi connectivity index (χ0) is 9.07. The summed E-state index contributed by atoms with van der Waals surface area (Å²) in [7, 11) is 0. The summed E-state index contributed by atoms with van der Waals surface area (Å²) in [5.41, 5.74) is 0. The second-order valence-electron chi connectivity index (χ2n) is 2.62. The molecule has 2 nitrogen and oxygen atoms in total. The minimum Gasteiger partial charge on any atom is -0.377 e. The third-order valence-corrected chi connectivity index (χ3v) is 1.75. The maximum Gasteiger partial charge on any atom is 0.0701 e. The van der Waals surface area contributed by atoms with Crippen molar-refractivity contribution in [3.63, 3.8) is 0 Å². The lowest BCUT2D eigenvalue weighted by molar-refractivity contribution is -0.0334. The molecule has 0 spiro atoms. The highest BCUT2D eigenvalue weighted by Crippen LogP contribution is 1.93. The predicted octanol–water partition coefficient (Wildman–Crippen LogP) is 2.45. The molecule has 1 aliphatic heterocycles. The molecule has 1 rings (SSSR count). The van der Waals surface area contributed by atoms with Crippen molar-refractivity contribution in [2.45, 2.75) is 26.2 Å². The van der Waals surface area contributed by atoms with E-state index < -0.39 is 0 Å². The zero-order valence-corrected chi connectivity index (χ0v) is 8.61. The van der Waals surface area contributed by atoms with Gasteiger partial charge in [0.1, 0.15) is 0 Å². The number of unbranched alkanes of at least 4 members (excludes halogenated alkanes) is 2. The van der Waals surface area contributed by atoms with Gasteiger partial charge in [0, 0.05) is 5.88 Å². The van der Waals surface area contributed by atoms with Crippen LogP contribution < -0.4 is 0 Å². The Morgan fingerprint density at radius 3 is 1.67 bits per heavy atom. The fourth-order valence-electron chi connectivity index (χ4n) is 0.784. The molecular weight excluding hydrogens is 176 g/mol. The molecule has 0 aromatic rings. The summed E-state index contributed by atoms with van der Waals surface area (Å²) >= 11 is 5.38. The predicted molar refractivity (Wildman–Crippen MR) is 51.9 cm³/mol. The van der Waals surface area contributed by atoms with Crippen LogP contribution in [0.15, 0.2) is 0 Å². The first kappa shape index (κ1) is 12.2. The van der Waals surface area contributed by atoms with Crippen molar-refractivity contribution in [2.75, 3.05) is 32.3 Å². The minimum absolute atomic E-state index is 0.778. The van der Waals surface area contributed by atoms with Crippen LogP contribution >= 0.6 is 11.6 Å². The maximum atomic E-state index is 5.38. The fourth-order valence-corrected chi connectivity index (χ4v) is 0.973. The number of hydrogen-bond acceptors (Lipinski definition) is 2. The van der Waals surface area contributed by atoms with Crippen LogP contribution in [0, 0.1) is 0 Å². The summed E-state index contributed by atoms with van der Waals surface area (Å²) in [5.74, 6) is 0.827. The molecule has 0 amide bonds. The van der Waals surface area contributed by atoms with Gasteiger partial charge in [-0.05, 0) is 6.42 Å². The molecule has 1 aliphatic rings. The lowest BCUT2D eigenvalue weighted by Crippen LogP contribution is -2.16. The van der Waals surface area contributed by atoms with Gasteiger partial charge in [-0.3, -0.25) is 0 Å². The van der Waals surface area contributed by atoms with E-state index >= 15 is 0 Å². The van der Waals surface area contributed by atoms with Crippen molar-refractivity contribution < 1.29 is 9.47 Å². The zero-order valence-electron chi connectivity index (χ0n) is 7.85. The SMILES string of the molecule is C1COCCO1.CCCCCCl. The van der Waals surface area contributed by atoms with Crippen LogP contribution in [-0.4, -0.2) is 32.3 Å². The molecule has 0 radical (unpaired) electrons. The molecule has 0 aromatic carbocycles. The van der Waals surface area contributed by atoms with E-state index in [1.165, 1.54) is 19.3 Å². The summed E-state index contributed by atoms with van der Waals surface area (Å²) in [6.07, 6.45) is 3.73. The van der Waals surface area contributed by atoms with E-state index in [-0.39, 0.29) is 0 Å². The summed E-state index contributed by atoms with van der Waals surface area (Å²) in [4.78, 5) is 0. The van der Waals surface area contributed by atoms with Gasteiger partial charge in [-0.25, -0.2) is 0 Å². The highest BCUT2D eigenvalue weighted by Gasteiger charge is 1.94. The van der Waals surface area contributed by atoms with Gasteiger partial charge >= 0.3 is 0 Å². The van der Waals surface area contributed by atoms with Crippen molar-refractivity contribution in [2.24, 2.45) is 0 Å². The highest BCUT2D eigenvalue weighted by molar-refractivity contribution is 6.17. The van der Waals surface area contributed by atoms with Crippen molar-refractivity contribution in [3.05, 3.63) is 0 Å². The van der Waals surface area contributed by atoms with Crippen molar-refractivity contribution in [1.29, 1.82) is 0 Å². The van der Waals surface area contributed by atoms with Crippen LogP contribution in [0.25, 0.3) is 0 Å². The van der Waals surface area contributed by atoms with Gasteiger partial charge in [0.2, 0.25) is 0 Å². The molecule has 1 saturated heterocycles. The Kier molecular flexibility index (Phi) is 11.4. The molecule has 0 unspecified atom stereocenters.